The Kier molecular flexibility index (Phi) is 8.13. The minimum absolute atomic E-state index is 0.760. The van der Waals surface area contributed by atoms with Gasteiger partial charge in [-0.3, -0.25) is 4.68 Å². The standard InChI is InChI=1S/C19H27N3S.C2H4/c1-22-17(14-19(21-22)15-10-11-15)8-4-3-5-12-20-16-7-6-9-18(13-16)23-2;1-2/h6-7,9,13-15,20H,3-5,8,10-12H2,1-2H3;1-2H2. The van der Waals surface area contributed by atoms with Crippen LogP contribution in [0.15, 0.2) is 48.4 Å². The maximum Gasteiger partial charge on any atom is 0.0658 e. The summed E-state index contributed by atoms with van der Waals surface area (Å²) < 4.78 is 2.08. The fourth-order valence-corrected chi connectivity index (χ4v) is 3.38. The lowest BCUT2D eigenvalue weighted by atomic mass is 10.1. The number of anilines is 1. The van der Waals surface area contributed by atoms with Gasteiger partial charge in [-0.25, -0.2) is 0 Å². The van der Waals surface area contributed by atoms with E-state index in [9.17, 15) is 0 Å². The molecule has 1 aliphatic carbocycles. The maximum atomic E-state index is 4.65. The van der Waals surface area contributed by atoms with Gasteiger partial charge in [-0.1, -0.05) is 12.5 Å². The Morgan fingerprint density at radius 3 is 2.72 bits per heavy atom. The lowest BCUT2D eigenvalue weighted by molar-refractivity contribution is 0.642. The third-order valence-corrected chi connectivity index (χ3v) is 5.23. The zero-order chi connectivity index (χ0) is 18.1. The van der Waals surface area contributed by atoms with Gasteiger partial charge in [0.2, 0.25) is 0 Å². The van der Waals surface area contributed by atoms with Gasteiger partial charge in [0.1, 0.15) is 0 Å². The van der Waals surface area contributed by atoms with Crippen molar-refractivity contribution in [2.24, 2.45) is 7.05 Å². The summed E-state index contributed by atoms with van der Waals surface area (Å²) >= 11 is 1.79. The van der Waals surface area contributed by atoms with E-state index in [1.165, 1.54) is 54.1 Å². The molecule has 3 nitrogen and oxygen atoms in total. The van der Waals surface area contributed by atoms with E-state index in [-0.39, 0.29) is 0 Å². The molecule has 1 aromatic heterocycles. The number of aromatic nitrogens is 2. The molecule has 1 heterocycles. The van der Waals surface area contributed by atoms with E-state index in [4.69, 9.17) is 0 Å². The Morgan fingerprint density at radius 2 is 2.00 bits per heavy atom. The van der Waals surface area contributed by atoms with E-state index in [1.54, 1.807) is 11.8 Å². The second kappa shape index (κ2) is 10.3. The van der Waals surface area contributed by atoms with Crippen molar-refractivity contribution in [1.82, 2.24) is 9.78 Å². The molecule has 0 atom stereocenters. The molecule has 1 N–H and O–H groups in total. The average Bonchev–Trinajstić information content (AvgIpc) is 3.44. The Balaban J connectivity index is 0.00000109. The summed E-state index contributed by atoms with van der Waals surface area (Å²) in [6.07, 6.45) is 9.66. The number of rotatable bonds is 9. The molecule has 1 fully saturated rings. The molecule has 25 heavy (non-hydrogen) atoms. The molecule has 0 radical (unpaired) electrons. The highest BCUT2D eigenvalue weighted by Gasteiger charge is 2.26. The van der Waals surface area contributed by atoms with Crippen LogP contribution in [0.25, 0.3) is 0 Å². The van der Waals surface area contributed by atoms with Crippen molar-refractivity contribution in [2.45, 2.75) is 49.3 Å². The molecule has 136 valence electrons. The van der Waals surface area contributed by atoms with Crippen LogP contribution in [-0.2, 0) is 13.5 Å². The van der Waals surface area contributed by atoms with Gasteiger partial charge in [0.25, 0.3) is 0 Å². The second-order valence-corrected chi connectivity index (χ2v) is 7.31. The molecule has 0 aliphatic heterocycles. The number of benzene rings is 1. The Labute approximate surface area is 156 Å². The largest absolute Gasteiger partial charge is 0.385 e. The number of nitrogens with one attached hydrogen (secondary N) is 1. The van der Waals surface area contributed by atoms with Crippen LogP contribution in [0.2, 0.25) is 0 Å². The van der Waals surface area contributed by atoms with Gasteiger partial charge in [-0.15, -0.1) is 24.9 Å². The van der Waals surface area contributed by atoms with Gasteiger partial charge in [-0.05, 0) is 62.6 Å². The molecule has 1 aromatic carbocycles. The number of unbranched alkanes of at least 4 members (excludes halogenated alkanes) is 2. The van der Waals surface area contributed by atoms with Crippen LogP contribution in [0.5, 0.6) is 0 Å². The predicted octanol–water partition coefficient (Wildman–Crippen LogP) is 5.65. The molecule has 1 saturated carbocycles. The fourth-order valence-electron chi connectivity index (χ4n) is 2.92. The van der Waals surface area contributed by atoms with Crippen LogP contribution in [0.4, 0.5) is 5.69 Å². The number of nitrogens with zero attached hydrogens (tertiary/aromatic N) is 2. The molecule has 0 saturated heterocycles. The molecule has 4 heteroatoms. The summed E-state index contributed by atoms with van der Waals surface area (Å²) in [5.74, 6) is 0.760. The van der Waals surface area contributed by atoms with Crippen LogP contribution in [0.1, 0.15) is 49.4 Å². The first kappa shape index (κ1) is 19.6. The van der Waals surface area contributed by atoms with Crippen molar-refractivity contribution < 1.29 is 0 Å². The summed E-state index contributed by atoms with van der Waals surface area (Å²) in [5.41, 5.74) is 3.95. The highest BCUT2D eigenvalue weighted by atomic mass is 32.2. The molecule has 0 unspecified atom stereocenters. The van der Waals surface area contributed by atoms with E-state index in [2.05, 4.69) is 71.9 Å². The van der Waals surface area contributed by atoms with E-state index in [1.807, 2.05) is 0 Å². The zero-order valence-corrected chi connectivity index (χ0v) is 16.4. The van der Waals surface area contributed by atoms with Gasteiger partial charge >= 0.3 is 0 Å². The van der Waals surface area contributed by atoms with Gasteiger partial charge in [-0.2, -0.15) is 5.10 Å². The van der Waals surface area contributed by atoms with E-state index < -0.39 is 0 Å². The first-order valence-electron chi connectivity index (χ1n) is 9.17. The lowest BCUT2D eigenvalue weighted by Gasteiger charge is -2.07. The van der Waals surface area contributed by atoms with Crippen molar-refractivity contribution in [1.29, 1.82) is 0 Å². The first-order chi connectivity index (χ1) is 12.3. The summed E-state index contributed by atoms with van der Waals surface area (Å²) in [6.45, 7) is 7.05. The molecule has 1 aliphatic rings. The lowest BCUT2D eigenvalue weighted by Crippen LogP contribution is -2.02. The SMILES string of the molecule is C=C.CSc1cccc(NCCCCCc2cc(C3CC3)nn2C)c1. The van der Waals surface area contributed by atoms with Crippen molar-refractivity contribution >= 4 is 17.4 Å². The predicted molar refractivity (Wildman–Crippen MR) is 111 cm³/mol. The summed E-state index contributed by atoms with van der Waals surface area (Å²) in [7, 11) is 2.08. The molecule has 0 spiro atoms. The number of hydrogen-bond donors (Lipinski definition) is 1. The monoisotopic (exact) mass is 357 g/mol. The quantitative estimate of drug-likeness (QED) is 0.357. The third-order valence-electron chi connectivity index (χ3n) is 4.50. The minimum Gasteiger partial charge on any atom is -0.385 e. The van der Waals surface area contributed by atoms with E-state index >= 15 is 0 Å². The van der Waals surface area contributed by atoms with E-state index in [0.29, 0.717) is 0 Å². The van der Waals surface area contributed by atoms with Crippen LogP contribution in [0, 0.1) is 0 Å². The zero-order valence-electron chi connectivity index (χ0n) is 15.6. The average molecular weight is 358 g/mol. The summed E-state index contributed by atoms with van der Waals surface area (Å²) in [4.78, 5) is 1.32. The van der Waals surface area contributed by atoms with Gasteiger partial charge in [0, 0.05) is 35.8 Å². The highest BCUT2D eigenvalue weighted by Crippen LogP contribution is 2.39. The van der Waals surface area contributed by atoms with Gasteiger partial charge in [0.15, 0.2) is 0 Å². The molecular formula is C21H31N3S. The number of aryl methyl sites for hydroxylation is 2. The first-order valence-corrected chi connectivity index (χ1v) is 10.4. The van der Waals surface area contributed by atoms with Crippen LogP contribution in [-0.4, -0.2) is 22.6 Å². The Hall–Kier alpha value is -1.68. The highest BCUT2D eigenvalue weighted by molar-refractivity contribution is 7.98. The van der Waals surface area contributed by atoms with Crippen LogP contribution >= 0.6 is 11.8 Å². The Morgan fingerprint density at radius 1 is 1.20 bits per heavy atom. The molecule has 2 aromatic rings. The second-order valence-electron chi connectivity index (χ2n) is 6.43. The van der Waals surface area contributed by atoms with Gasteiger partial charge in [0.05, 0.1) is 5.69 Å². The number of hydrogen-bond acceptors (Lipinski definition) is 3. The van der Waals surface area contributed by atoms with Gasteiger partial charge < -0.3 is 5.32 Å². The number of thioether (sulfide) groups is 1. The molecular weight excluding hydrogens is 326 g/mol. The summed E-state index contributed by atoms with van der Waals surface area (Å²) in [5, 5.41) is 8.17. The normalized spacial score (nSPS) is 13.2. The topological polar surface area (TPSA) is 29.9 Å². The maximum absolute atomic E-state index is 4.65. The third kappa shape index (κ3) is 6.28. The van der Waals surface area contributed by atoms with Crippen molar-refractivity contribution in [3.63, 3.8) is 0 Å². The molecule has 0 amide bonds. The van der Waals surface area contributed by atoms with Crippen molar-refractivity contribution in [2.75, 3.05) is 18.1 Å². The molecule has 0 bridgehead atoms. The van der Waals surface area contributed by atoms with Crippen molar-refractivity contribution in [3.05, 3.63) is 54.9 Å². The van der Waals surface area contributed by atoms with Crippen LogP contribution < -0.4 is 5.32 Å². The van der Waals surface area contributed by atoms with E-state index in [0.717, 1.165) is 18.9 Å². The van der Waals surface area contributed by atoms with Crippen LogP contribution in [0.3, 0.4) is 0 Å². The summed E-state index contributed by atoms with van der Waals surface area (Å²) in [6, 6.07) is 11.0. The Bertz CT molecular complexity index is 646. The minimum atomic E-state index is 0.760. The fraction of sp³-hybridized carbons (Fsp3) is 0.476. The smallest absolute Gasteiger partial charge is 0.0658 e. The van der Waals surface area contributed by atoms with Crippen molar-refractivity contribution in [3.8, 4) is 0 Å². The molecule has 3 rings (SSSR count).